The van der Waals surface area contributed by atoms with Crippen LogP contribution in [0.15, 0.2) is 24.3 Å². The highest BCUT2D eigenvalue weighted by atomic mass is 16.5. The molecule has 0 spiro atoms. The van der Waals surface area contributed by atoms with Crippen molar-refractivity contribution in [3.05, 3.63) is 41.1 Å². The SMILES string of the molecule is CCCCOC(=O)c1ccc(NC(=O)N[C@H]2CC[C@@H](Nc3nc4c(c(N(C)C)n3)CCCC4)CC2)cc1. The van der Waals surface area contributed by atoms with Crippen molar-refractivity contribution in [1.29, 1.82) is 0 Å². The summed E-state index contributed by atoms with van der Waals surface area (Å²) in [5, 5.41) is 9.50. The Hall–Kier alpha value is -3.36. The van der Waals surface area contributed by atoms with Gasteiger partial charge in [0.1, 0.15) is 5.82 Å². The number of esters is 1. The van der Waals surface area contributed by atoms with Crippen LogP contribution in [0, 0.1) is 0 Å². The predicted octanol–water partition coefficient (Wildman–Crippen LogP) is 4.92. The van der Waals surface area contributed by atoms with E-state index >= 15 is 0 Å². The van der Waals surface area contributed by atoms with Crippen LogP contribution in [0.25, 0.3) is 0 Å². The van der Waals surface area contributed by atoms with Gasteiger partial charge < -0.3 is 25.6 Å². The Morgan fingerprint density at radius 2 is 1.70 bits per heavy atom. The van der Waals surface area contributed by atoms with Crippen LogP contribution in [-0.2, 0) is 17.6 Å². The highest BCUT2D eigenvalue weighted by Crippen LogP contribution is 2.29. The maximum atomic E-state index is 12.5. The quantitative estimate of drug-likeness (QED) is 0.326. The molecule has 0 radical (unpaired) electrons. The number of nitrogens with zero attached hydrogens (tertiary/aromatic N) is 3. The fourth-order valence-electron chi connectivity index (χ4n) is 5.01. The smallest absolute Gasteiger partial charge is 0.338 e. The standard InChI is InChI=1S/C28H40N6O3/c1-4-5-18-37-26(35)19-10-12-21(13-11-19)30-28(36)31-22-16-14-20(15-17-22)29-27-32-24-9-7-6-8-23(24)25(33-27)34(2)3/h10-13,20,22H,4-9,14-18H2,1-3H3,(H,29,32,33)(H2,30,31,36)/t20-,22+. The van der Waals surface area contributed by atoms with Gasteiger partial charge in [-0.1, -0.05) is 13.3 Å². The number of anilines is 3. The Morgan fingerprint density at radius 3 is 2.41 bits per heavy atom. The number of hydrogen-bond acceptors (Lipinski definition) is 7. The van der Waals surface area contributed by atoms with Crippen molar-refractivity contribution in [3.8, 4) is 0 Å². The number of aryl methyl sites for hydroxylation is 1. The molecule has 2 aromatic rings. The molecular formula is C28H40N6O3. The van der Waals surface area contributed by atoms with Crippen LogP contribution in [0.4, 0.5) is 22.2 Å². The molecule has 9 nitrogen and oxygen atoms in total. The van der Waals surface area contributed by atoms with E-state index in [9.17, 15) is 9.59 Å². The lowest BCUT2D eigenvalue weighted by Crippen LogP contribution is -2.42. The summed E-state index contributed by atoms with van der Waals surface area (Å²) < 4.78 is 5.22. The van der Waals surface area contributed by atoms with Crippen molar-refractivity contribution in [2.24, 2.45) is 0 Å². The normalized spacial score (nSPS) is 18.9. The summed E-state index contributed by atoms with van der Waals surface area (Å²) in [5.74, 6) is 1.41. The minimum Gasteiger partial charge on any atom is -0.462 e. The Balaban J connectivity index is 1.23. The highest BCUT2D eigenvalue weighted by Gasteiger charge is 2.25. The number of urea groups is 1. The Labute approximate surface area is 219 Å². The van der Waals surface area contributed by atoms with Gasteiger partial charge in [-0.05, 0) is 82.1 Å². The second kappa shape index (κ2) is 12.7. The van der Waals surface area contributed by atoms with Gasteiger partial charge in [-0.3, -0.25) is 0 Å². The average Bonchev–Trinajstić information content (AvgIpc) is 2.89. The maximum absolute atomic E-state index is 12.5. The number of carbonyl (C=O) groups is 2. The molecule has 0 saturated heterocycles. The van der Waals surface area contributed by atoms with E-state index in [1.807, 2.05) is 21.0 Å². The highest BCUT2D eigenvalue weighted by molar-refractivity contribution is 5.92. The molecule has 2 aliphatic rings. The molecule has 0 bridgehead atoms. The molecule has 3 N–H and O–H groups in total. The minimum absolute atomic E-state index is 0.118. The van der Waals surface area contributed by atoms with E-state index in [0.29, 0.717) is 23.9 Å². The molecule has 1 aromatic carbocycles. The van der Waals surface area contributed by atoms with Gasteiger partial charge in [-0.2, -0.15) is 4.98 Å². The first-order valence-electron chi connectivity index (χ1n) is 13.6. The molecule has 200 valence electrons. The van der Waals surface area contributed by atoms with Crippen molar-refractivity contribution in [2.75, 3.05) is 36.2 Å². The second-order valence-corrected chi connectivity index (χ2v) is 10.3. The number of unbranched alkanes of at least 4 members (excludes halogenated alkanes) is 1. The van der Waals surface area contributed by atoms with Crippen molar-refractivity contribution in [1.82, 2.24) is 15.3 Å². The predicted molar refractivity (Wildman–Crippen MR) is 146 cm³/mol. The number of hydrogen-bond donors (Lipinski definition) is 3. The molecule has 1 fully saturated rings. The zero-order valence-electron chi connectivity index (χ0n) is 22.3. The summed E-state index contributed by atoms with van der Waals surface area (Å²) in [4.78, 5) is 36.3. The van der Waals surface area contributed by atoms with Gasteiger partial charge in [-0.15, -0.1) is 0 Å². The van der Waals surface area contributed by atoms with Gasteiger partial charge in [-0.25, -0.2) is 14.6 Å². The number of amides is 2. The van der Waals surface area contributed by atoms with Gasteiger partial charge in [0.15, 0.2) is 0 Å². The average molecular weight is 509 g/mol. The van der Waals surface area contributed by atoms with E-state index in [4.69, 9.17) is 14.7 Å². The van der Waals surface area contributed by atoms with E-state index in [0.717, 1.165) is 63.1 Å². The van der Waals surface area contributed by atoms with Crippen LogP contribution in [0.1, 0.15) is 79.9 Å². The molecule has 0 unspecified atom stereocenters. The number of carbonyl (C=O) groups excluding carboxylic acids is 2. The third-order valence-electron chi connectivity index (χ3n) is 7.09. The lowest BCUT2D eigenvalue weighted by atomic mass is 9.91. The lowest BCUT2D eigenvalue weighted by molar-refractivity contribution is 0.0499. The molecule has 2 aliphatic carbocycles. The van der Waals surface area contributed by atoms with E-state index in [1.165, 1.54) is 24.1 Å². The van der Waals surface area contributed by atoms with Crippen molar-refractivity contribution in [2.45, 2.75) is 83.2 Å². The number of fused-ring (bicyclic) bond motifs is 1. The van der Waals surface area contributed by atoms with Crippen molar-refractivity contribution < 1.29 is 14.3 Å². The van der Waals surface area contributed by atoms with Crippen molar-refractivity contribution in [3.63, 3.8) is 0 Å². The molecule has 2 amide bonds. The Morgan fingerprint density at radius 1 is 1.00 bits per heavy atom. The van der Waals surface area contributed by atoms with Crippen molar-refractivity contribution >= 4 is 29.5 Å². The number of rotatable bonds is 9. The van der Waals surface area contributed by atoms with Crippen LogP contribution in [0.5, 0.6) is 0 Å². The van der Waals surface area contributed by atoms with E-state index in [2.05, 4.69) is 20.9 Å². The largest absolute Gasteiger partial charge is 0.462 e. The number of aromatic nitrogens is 2. The summed E-state index contributed by atoms with van der Waals surface area (Å²) in [6.07, 6.45) is 9.95. The molecule has 37 heavy (non-hydrogen) atoms. The molecule has 1 heterocycles. The number of ether oxygens (including phenoxy) is 1. The molecule has 0 aliphatic heterocycles. The summed E-state index contributed by atoms with van der Waals surface area (Å²) in [7, 11) is 4.08. The first-order valence-corrected chi connectivity index (χ1v) is 13.6. The number of benzene rings is 1. The van der Waals surface area contributed by atoms with Gasteiger partial charge in [0.2, 0.25) is 5.95 Å². The van der Waals surface area contributed by atoms with Gasteiger partial charge >= 0.3 is 12.0 Å². The summed E-state index contributed by atoms with van der Waals surface area (Å²) in [6.45, 7) is 2.47. The second-order valence-electron chi connectivity index (χ2n) is 10.3. The third-order valence-corrected chi connectivity index (χ3v) is 7.09. The van der Waals surface area contributed by atoms with Gasteiger partial charge in [0.05, 0.1) is 17.9 Å². The topological polar surface area (TPSA) is 108 Å². The van der Waals surface area contributed by atoms with E-state index < -0.39 is 0 Å². The molecule has 1 saturated carbocycles. The zero-order valence-corrected chi connectivity index (χ0v) is 22.3. The Kier molecular flexibility index (Phi) is 9.19. The maximum Gasteiger partial charge on any atom is 0.338 e. The lowest BCUT2D eigenvalue weighted by Gasteiger charge is -2.30. The molecular weight excluding hydrogens is 468 g/mol. The third kappa shape index (κ3) is 7.33. The zero-order chi connectivity index (χ0) is 26.2. The minimum atomic E-state index is -0.339. The first kappa shape index (κ1) is 26.7. The summed E-state index contributed by atoms with van der Waals surface area (Å²) >= 11 is 0. The molecule has 4 rings (SSSR count). The molecule has 9 heteroatoms. The monoisotopic (exact) mass is 508 g/mol. The summed E-state index contributed by atoms with van der Waals surface area (Å²) in [5.41, 5.74) is 3.59. The fourth-order valence-corrected chi connectivity index (χ4v) is 5.01. The first-order chi connectivity index (χ1) is 17.9. The van der Waals surface area contributed by atoms with Crippen LogP contribution >= 0.6 is 0 Å². The fraction of sp³-hybridized carbons (Fsp3) is 0.571. The molecule has 0 atom stereocenters. The van der Waals surface area contributed by atoms with Gasteiger partial charge in [0, 0.05) is 37.4 Å². The van der Waals surface area contributed by atoms with Gasteiger partial charge in [0.25, 0.3) is 0 Å². The van der Waals surface area contributed by atoms with E-state index in [1.54, 1.807) is 24.3 Å². The van der Waals surface area contributed by atoms with Crippen LogP contribution < -0.4 is 20.9 Å². The van der Waals surface area contributed by atoms with Crippen LogP contribution in [-0.4, -0.2) is 54.8 Å². The molecule has 1 aromatic heterocycles. The van der Waals surface area contributed by atoms with Crippen LogP contribution in [0.2, 0.25) is 0 Å². The Bertz CT molecular complexity index is 1060. The van der Waals surface area contributed by atoms with E-state index in [-0.39, 0.29) is 18.0 Å². The van der Waals surface area contributed by atoms with Crippen LogP contribution in [0.3, 0.4) is 0 Å². The number of nitrogens with one attached hydrogen (secondary N) is 3. The summed E-state index contributed by atoms with van der Waals surface area (Å²) in [6, 6.07) is 6.96.